The van der Waals surface area contributed by atoms with E-state index in [0.29, 0.717) is 21.9 Å². The molecule has 250 valence electrons. The van der Waals surface area contributed by atoms with Gasteiger partial charge in [0.25, 0.3) is 0 Å². The van der Waals surface area contributed by atoms with E-state index in [4.69, 9.17) is 35.3 Å². The Bertz CT molecular complexity index is 1480. The molecule has 2 aromatic carbocycles. The number of hydrogen-bond acceptors (Lipinski definition) is 12. The van der Waals surface area contributed by atoms with Gasteiger partial charge in [-0.1, -0.05) is 23.7 Å². The van der Waals surface area contributed by atoms with Crippen molar-refractivity contribution in [2.45, 2.75) is 81.4 Å². The Labute approximate surface area is 270 Å². The number of phenolic OH excluding ortho intramolecular Hbond substituents is 1. The number of aromatic hydroxyl groups is 1. The summed E-state index contributed by atoms with van der Waals surface area (Å²) in [6, 6.07) is 9.97. The summed E-state index contributed by atoms with van der Waals surface area (Å²) in [5.74, 6) is -0.438. The SMILES string of the molecule is C/C(=C/COc1cccc(Cl)c1)[C@H]1O[C@@H](Oc2ccc(/C=C(\C)C(=O)N[C@@H]3C(O)C(O)C4OCO[C@H]4[C@@H]3O)cc2O)[C@@](C)(O)[C@@H]1O. The first-order chi connectivity index (χ1) is 21.8. The van der Waals surface area contributed by atoms with E-state index >= 15 is 0 Å². The third-order valence-corrected chi connectivity index (χ3v) is 8.63. The molecule has 0 radical (unpaired) electrons. The first-order valence-electron chi connectivity index (χ1n) is 14.6. The summed E-state index contributed by atoms with van der Waals surface area (Å²) in [7, 11) is 0. The van der Waals surface area contributed by atoms with Crippen LogP contribution in [0.4, 0.5) is 0 Å². The van der Waals surface area contributed by atoms with Crippen LogP contribution < -0.4 is 14.8 Å². The number of phenols is 1. The van der Waals surface area contributed by atoms with Crippen LogP contribution in [0.2, 0.25) is 5.02 Å². The summed E-state index contributed by atoms with van der Waals surface area (Å²) in [6.07, 6.45) is -6.47. The number of aliphatic hydroxyl groups is 5. The smallest absolute Gasteiger partial charge is 0.247 e. The van der Waals surface area contributed by atoms with E-state index in [9.17, 15) is 35.4 Å². The van der Waals surface area contributed by atoms with Crippen molar-refractivity contribution in [2.75, 3.05) is 13.4 Å². The second-order valence-corrected chi connectivity index (χ2v) is 12.2. The number of nitrogens with one attached hydrogen (secondary N) is 1. The molecular formula is C32H38ClNO12. The average Bonchev–Trinajstić information content (AvgIpc) is 3.59. The number of halogens is 1. The predicted octanol–water partition coefficient (Wildman–Crippen LogP) is 1.01. The maximum absolute atomic E-state index is 12.9. The van der Waals surface area contributed by atoms with Crippen molar-refractivity contribution in [2.24, 2.45) is 0 Å². The summed E-state index contributed by atoms with van der Waals surface area (Å²) in [5.41, 5.74) is -0.677. The zero-order chi connectivity index (χ0) is 33.3. The molecule has 0 spiro atoms. The number of aliphatic hydroxyl groups excluding tert-OH is 4. The Kier molecular flexibility index (Phi) is 10.3. The molecule has 2 aliphatic heterocycles. The fourth-order valence-corrected chi connectivity index (χ4v) is 5.79. The molecule has 2 aromatic rings. The Morgan fingerprint density at radius 1 is 1.07 bits per heavy atom. The quantitative estimate of drug-likeness (QED) is 0.149. The summed E-state index contributed by atoms with van der Waals surface area (Å²) >= 11 is 5.98. The Morgan fingerprint density at radius 2 is 1.78 bits per heavy atom. The highest BCUT2D eigenvalue weighted by molar-refractivity contribution is 6.30. The fraction of sp³-hybridized carbons (Fsp3) is 0.469. The molecule has 7 N–H and O–H groups in total. The van der Waals surface area contributed by atoms with Crippen LogP contribution >= 0.6 is 11.6 Å². The molecule has 2 saturated heterocycles. The van der Waals surface area contributed by atoms with Crippen LogP contribution in [-0.4, -0.2) is 111 Å². The number of fused-ring (bicyclic) bond motifs is 1. The zero-order valence-corrected chi connectivity index (χ0v) is 26.1. The predicted molar refractivity (Wildman–Crippen MR) is 163 cm³/mol. The maximum atomic E-state index is 12.9. The van der Waals surface area contributed by atoms with Gasteiger partial charge in [-0.3, -0.25) is 4.79 Å². The van der Waals surface area contributed by atoms with Crippen LogP contribution in [0.5, 0.6) is 17.2 Å². The van der Waals surface area contributed by atoms with Crippen molar-refractivity contribution in [1.29, 1.82) is 0 Å². The van der Waals surface area contributed by atoms with Crippen molar-refractivity contribution < 1.29 is 59.1 Å². The minimum absolute atomic E-state index is 0.0425. The van der Waals surface area contributed by atoms with Crippen molar-refractivity contribution >= 4 is 23.6 Å². The van der Waals surface area contributed by atoms with E-state index in [1.807, 2.05) is 0 Å². The first-order valence-corrected chi connectivity index (χ1v) is 15.0. The van der Waals surface area contributed by atoms with Crippen LogP contribution in [0.1, 0.15) is 26.3 Å². The highest BCUT2D eigenvalue weighted by Crippen LogP contribution is 2.38. The lowest BCUT2D eigenvalue weighted by atomic mass is 9.83. The van der Waals surface area contributed by atoms with E-state index in [2.05, 4.69) is 5.32 Å². The number of benzene rings is 2. The van der Waals surface area contributed by atoms with Crippen LogP contribution in [-0.2, 0) is 19.0 Å². The molecule has 13 nitrogen and oxygen atoms in total. The van der Waals surface area contributed by atoms with Gasteiger partial charge in [0.1, 0.15) is 61.9 Å². The normalized spacial score (nSPS) is 34.7. The Balaban J connectivity index is 1.21. The molecule has 3 fully saturated rings. The summed E-state index contributed by atoms with van der Waals surface area (Å²) < 4.78 is 27.8. The molecule has 0 aromatic heterocycles. The van der Waals surface area contributed by atoms with Crippen molar-refractivity contribution in [3.8, 4) is 17.2 Å². The molecule has 2 heterocycles. The highest BCUT2D eigenvalue weighted by atomic mass is 35.5. The number of hydrogen-bond donors (Lipinski definition) is 7. The number of ether oxygens (including phenoxy) is 5. The van der Waals surface area contributed by atoms with E-state index < -0.39 is 66.6 Å². The minimum Gasteiger partial charge on any atom is -0.504 e. The standard InChI is InChI=1S/C32H38ClNO12/c1-15(9-10-42-19-6-4-5-18(33)13-19)26-29(39)32(3,41)31(46-26)45-21-8-7-17(12-20(21)35)11-16(2)30(40)34-22-23(36)25(38)28-27(24(22)37)43-14-44-28/h4-9,11-13,22-29,31,35-39,41H,10,14H2,1-3H3,(H,34,40)/b15-9-,16-11+/t22-,23?,24-,25?,26-,27+,28?,29-,31-,32+/m1/s1. The molecule has 1 saturated carbocycles. The number of rotatable bonds is 9. The Morgan fingerprint density at radius 3 is 2.48 bits per heavy atom. The lowest BCUT2D eigenvalue weighted by Gasteiger charge is -2.41. The molecule has 1 amide bonds. The van der Waals surface area contributed by atoms with Crippen molar-refractivity contribution in [3.05, 3.63) is 70.3 Å². The lowest BCUT2D eigenvalue weighted by molar-refractivity contribution is -0.155. The van der Waals surface area contributed by atoms with Crippen molar-refractivity contribution in [1.82, 2.24) is 5.32 Å². The van der Waals surface area contributed by atoms with Gasteiger partial charge in [0, 0.05) is 10.6 Å². The molecule has 5 rings (SSSR count). The molecule has 46 heavy (non-hydrogen) atoms. The molecule has 3 unspecified atom stereocenters. The molecule has 0 bridgehead atoms. The molecule has 1 aliphatic carbocycles. The van der Waals surface area contributed by atoms with Gasteiger partial charge in [-0.25, -0.2) is 0 Å². The van der Waals surface area contributed by atoms with Gasteiger partial charge < -0.3 is 59.6 Å². The largest absolute Gasteiger partial charge is 0.504 e. The lowest BCUT2D eigenvalue weighted by Crippen LogP contribution is -2.67. The van der Waals surface area contributed by atoms with Gasteiger partial charge in [-0.05, 0) is 74.4 Å². The monoisotopic (exact) mass is 663 g/mol. The van der Waals surface area contributed by atoms with E-state index in [1.54, 1.807) is 43.3 Å². The zero-order valence-electron chi connectivity index (χ0n) is 25.3. The molecule has 10 atom stereocenters. The number of carbonyl (C=O) groups is 1. The van der Waals surface area contributed by atoms with Crippen LogP contribution in [0.15, 0.2) is 59.7 Å². The summed E-state index contributed by atoms with van der Waals surface area (Å²) in [4.78, 5) is 12.9. The Hall–Kier alpha value is -3.24. The van der Waals surface area contributed by atoms with Gasteiger partial charge in [0.15, 0.2) is 17.1 Å². The second kappa shape index (κ2) is 13.9. The highest BCUT2D eigenvalue weighted by Gasteiger charge is 2.55. The molecular weight excluding hydrogens is 626 g/mol. The van der Waals surface area contributed by atoms with Gasteiger partial charge in [0.05, 0.1) is 6.04 Å². The van der Waals surface area contributed by atoms with E-state index in [-0.39, 0.29) is 30.5 Å². The average molecular weight is 664 g/mol. The third-order valence-electron chi connectivity index (χ3n) is 8.39. The fourth-order valence-electron chi connectivity index (χ4n) is 5.61. The minimum atomic E-state index is -1.84. The summed E-state index contributed by atoms with van der Waals surface area (Å²) in [5, 5.41) is 67.0. The van der Waals surface area contributed by atoms with Gasteiger partial charge >= 0.3 is 0 Å². The third kappa shape index (κ3) is 7.03. The molecule has 3 aliphatic rings. The van der Waals surface area contributed by atoms with Crippen molar-refractivity contribution in [3.63, 3.8) is 0 Å². The second-order valence-electron chi connectivity index (χ2n) is 11.8. The topological polar surface area (TPSA) is 197 Å². The van der Waals surface area contributed by atoms with Crippen LogP contribution in [0.3, 0.4) is 0 Å². The first kappa shape index (κ1) is 34.1. The van der Waals surface area contributed by atoms with Gasteiger partial charge in [-0.2, -0.15) is 0 Å². The maximum Gasteiger partial charge on any atom is 0.247 e. The van der Waals surface area contributed by atoms with Crippen LogP contribution in [0, 0.1) is 0 Å². The molecule has 14 heteroatoms. The van der Waals surface area contributed by atoms with E-state index in [0.717, 1.165) is 0 Å². The number of amides is 1. The summed E-state index contributed by atoms with van der Waals surface area (Å²) in [6.45, 7) is 4.58. The van der Waals surface area contributed by atoms with E-state index in [1.165, 1.54) is 32.1 Å². The van der Waals surface area contributed by atoms with Crippen LogP contribution in [0.25, 0.3) is 6.08 Å². The van der Waals surface area contributed by atoms with Gasteiger partial charge in [0.2, 0.25) is 12.2 Å². The number of carbonyl (C=O) groups excluding carboxylic acids is 1. The van der Waals surface area contributed by atoms with Gasteiger partial charge in [-0.15, -0.1) is 0 Å².